The predicted molar refractivity (Wildman–Crippen MR) is 58.9 cm³/mol. The van der Waals surface area contributed by atoms with Crippen molar-refractivity contribution < 1.29 is 19.4 Å². The number of methoxy groups -OCH3 is 1. The molecule has 0 amide bonds. The zero-order valence-electron chi connectivity index (χ0n) is 9.11. The van der Waals surface area contributed by atoms with Crippen molar-refractivity contribution in [2.45, 2.75) is 6.92 Å². The molecule has 86 valence electrons. The number of carboxylic acids is 1. The largest absolute Gasteiger partial charge is 0.478 e. The first-order valence-corrected chi connectivity index (χ1v) is 4.79. The first kappa shape index (κ1) is 12.0. The van der Waals surface area contributed by atoms with Crippen LogP contribution < -0.4 is 5.32 Å². The van der Waals surface area contributed by atoms with Crippen molar-refractivity contribution in [2.75, 3.05) is 19.0 Å². The van der Waals surface area contributed by atoms with Gasteiger partial charge < -0.3 is 15.2 Å². The molecule has 1 rings (SSSR count). The second kappa shape index (κ2) is 5.16. The van der Waals surface area contributed by atoms with Crippen molar-refractivity contribution in [1.29, 1.82) is 0 Å². The fourth-order valence-corrected chi connectivity index (χ4v) is 1.30. The topological polar surface area (TPSA) is 75.6 Å². The lowest BCUT2D eigenvalue weighted by molar-refractivity contribution is 0.0602. The molecule has 0 saturated carbocycles. The highest BCUT2D eigenvalue weighted by molar-refractivity contribution is 5.99. The highest BCUT2D eigenvalue weighted by Gasteiger charge is 2.14. The molecular weight excluding hydrogens is 210 g/mol. The van der Waals surface area contributed by atoms with Gasteiger partial charge in [-0.3, -0.25) is 0 Å². The number of aromatic carboxylic acids is 1. The molecule has 0 saturated heterocycles. The summed E-state index contributed by atoms with van der Waals surface area (Å²) >= 11 is 0. The Morgan fingerprint density at radius 2 is 2.12 bits per heavy atom. The average Bonchev–Trinajstić information content (AvgIpc) is 2.28. The molecular formula is C11H13NO4. The highest BCUT2D eigenvalue weighted by atomic mass is 16.5. The molecule has 1 aromatic rings. The summed E-state index contributed by atoms with van der Waals surface area (Å²) in [7, 11) is 1.26. The first-order valence-electron chi connectivity index (χ1n) is 4.79. The van der Waals surface area contributed by atoms with Crippen LogP contribution in [0.2, 0.25) is 0 Å². The summed E-state index contributed by atoms with van der Waals surface area (Å²) in [4.78, 5) is 22.2. The van der Waals surface area contributed by atoms with Gasteiger partial charge in [0.25, 0.3) is 0 Å². The van der Waals surface area contributed by atoms with Gasteiger partial charge in [-0.1, -0.05) is 0 Å². The molecule has 5 nitrogen and oxygen atoms in total. The standard InChI is InChI=1S/C11H13NO4/c1-3-12-9-5-4-7(10(13)14)6-8(9)11(15)16-2/h4-6,12H,3H2,1-2H3,(H,13,14). The number of benzene rings is 1. The van der Waals surface area contributed by atoms with Crippen LogP contribution in [0.25, 0.3) is 0 Å². The molecule has 5 heteroatoms. The number of nitrogens with one attached hydrogen (secondary N) is 1. The quantitative estimate of drug-likeness (QED) is 0.758. The Morgan fingerprint density at radius 3 is 2.62 bits per heavy atom. The van der Waals surface area contributed by atoms with E-state index in [1.165, 1.54) is 19.2 Å². The number of esters is 1. The highest BCUT2D eigenvalue weighted by Crippen LogP contribution is 2.18. The van der Waals surface area contributed by atoms with Crippen molar-refractivity contribution in [3.05, 3.63) is 29.3 Å². The zero-order chi connectivity index (χ0) is 12.1. The van der Waals surface area contributed by atoms with E-state index in [0.29, 0.717) is 12.2 Å². The second-order valence-corrected chi connectivity index (χ2v) is 3.09. The Kier molecular flexibility index (Phi) is 3.88. The van der Waals surface area contributed by atoms with E-state index in [0.717, 1.165) is 0 Å². The van der Waals surface area contributed by atoms with Gasteiger partial charge in [-0.25, -0.2) is 9.59 Å². The Balaban J connectivity index is 3.20. The van der Waals surface area contributed by atoms with Crippen LogP contribution >= 0.6 is 0 Å². The van der Waals surface area contributed by atoms with Crippen LogP contribution in [0.1, 0.15) is 27.6 Å². The number of hydrogen-bond acceptors (Lipinski definition) is 4. The fraction of sp³-hybridized carbons (Fsp3) is 0.273. The molecule has 1 aromatic carbocycles. The van der Waals surface area contributed by atoms with Crippen LogP contribution in [-0.4, -0.2) is 30.7 Å². The van der Waals surface area contributed by atoms with Gasteiger partial charge in [0, 0.05) is 12.2 Å². The zero-order valence-corrected chi connectivity index (χ0v) is 9.11. The van der Waals surface area contributed by atoms with E-state index in [9.17, 15) is 9.59 Å². The van der Waals surface area contributed by atoms with Gasteiger partial charge >= 0.3 is 11.9 Å². The van der Waals surface area contributed by atoms with Gasteiger partial charge in [0.15, 0.2) is 0 Å². The van der Waals surface area contributed by atoms with Crippen LogP contribution in [0.3, 0.4) is 0 Å². The van der Waals surface area contributed by atoms with Crippen LogP contribution in [0.15, 0.2) is 18.2 Å². The van der Waals surface area contributed by atoms with Crippen molar-refractivity contribution in [2.24, 2.45) is 0 Å². The summed E-state index contributed by atoms with van der Waals surface area (Å²) in [5.74, 6) is -1.63. The van der Waals surface area contributed by atoms with Gasteiger partial charge in [-0.2, -0.15) is 0 Å². The molecule has 0 aliphatic carbocycles. The fourth-order valence-electron chi connectivity index (χ4n) is 1.30. The van der Waals surface area contributed by atoms with E-state index in [1.54, 1.807) is 6.07 Å². The summed E-state index contributed by atoms with van der Waals surface area (Å²) in [5.41, 5.74) is 0.852. The molecule has 0 unspecified atom stereocenters. The number of carbonyl (C=O) groups is 2. The Hall–Kier alpha value is -2.04. The van der Waals surface area contributed by atoms with E-state index in [4.69, 9.17) is 5.11 Å². The molecule has 0 fully saturated rings. The summed E-state index contributed by atoms with van der Waals surface area (Å²) < 4.78 is 4.59. The van der Waals surface area contributed by atoms with Crippen LogP contribution in [-0.2, 0) is 4.74 Å². The molecule has 0 spiro atoms. The lowest BCUT2D eigenvalue weighted by Crippen LogP contribution is -2.10. The maximum Gasteiger partial charge on any atom is 0.339 e. The molecule has 0 aliphatic heterocycles. The van der Waals surface area contributed by atoms with E-state index in [1.807, 2.05) is 6.92 Å². The first-order chi connectivity index (χ1) is 7.60. The SMILES string of the molecule is CCNc1ccc(C(=O)O)cc1C(=O)OC. The molecule has 0 aliphatic rings. The maximum absolute atomic E-state index is 11.4. The summed E-state index contributed by atoms with van der Waals surface area (Å²) in [6, 6.07) is 4.29. The number of hydrogen-bond donors (Lipinski definition) is 2. The Labute approximate surface area is 93.0 Å². The predicted octanol–water partition coefficient (Wildman–Crippen LogP) is 1.60. The van der Waals surface area contributed by atoms with Crippen LogP contribution in [0, 0.1) is 0 Å². The molecule has 2 N–H and O–H groups in total. The second-order valence-electron chi connectivity index (χ2n) is 3.09. The van der Waals surface area contributed by atoms with Crippen molar-refractivity contribution in [3.63, 3.8) is 0 Å². The average molecular weight is 223 g/mol. The Bertz CT molecular complexity index is 414. The number of carboxylic acid groups (broad SMARTS) is 1. The smallest absolute Gasteiger partial charge is 0.339 e. The molecule has 0 heterocycles. The molecule has 0 radical (unpaired) electrons. The minimum atomic E-state index is -1.08. The molecule has 16 heavy (non-hydrogen) atoms. The molecule has 0 aromatic heterocycles. The maximum atomic E-state index is 11.4. The number of rotatable bonds is 4. The summed E-state index contributed by atoms with van der Waals surface area (Å²) in [6.45, 7) is 2.52. The van der Waals surface area contributed by atoms with Crippen molar-refractivity contribution in [1.82, 2.24) is 0 Å². The summed E-state index contributed by atoms with van der Waals surface area (Å²) in [5, 5.41) is 11.8. The van der Waals surface area contributed by atoms with Gasteiger partial charge in [0.05, 0.1) is 18.2 Å². The van der Waals surface area contributed by atoms with Crippen LogP contribution in [0.4, 0.5) is 5.69 Å². The lowest BCUT2D eigenvalue weighted by atomic mass is 10.1. The number of ether oxygens (including phenoxy) is 1. The van der Waals surface area contributed by atoms with Gasteiger partial charge in [0.2, 0.25) is 0 Å². The molecule has 0 bridgehead atoms. The third-order valence-corrected chi connectivity index (χ3v) is 2.04. The van der Waals surface area contributed by atoms with Gasteiger partial charge in [-0.05, 0) is 25.1 Å². The van der Waals surface area contributed by atoms with Crippen molar-refractivity contribution in [3.8, 4) is 0 Å². The Morgan fingerprint density at radius 1 is 1.44 bits per heavy atom. The number of anilines is 1. The number of carbonyl (C=O) groups excluding carboxylic acids is 1. The van der Waals surface area contributed by atoms with E-state index >= 15 is 0 Å². The monoisotopic (exact) mass is 223 g/mol. The third-order valence-electron chi connectivity index (χ3n) is 2.04. The van der Waals surface area contributed by atoms with Gasteiger partial charge in [-0.15, -0.1) is 0 Å². The van der Waals surface area contributed by atoms with E-state index < -0.39 is 11.9 Å². The molecule has 0 atom stereocenters. The van der Waals surface area contributed by atoms with Crippen molar-refractivity contribution >= 4 is 17.6 Å². The summed E-state index contributed by atoms with van der Waals surface area (Å²) in [6.07, 6.45) is 0. The minimum Gasteiger partial charge on any atom is -0.478 e. The van der Waals surface area contributed by atoms with E-state index in [-0.39, 0.29) is 11.1 Å². The normalized spacial score (nSPS) is 9.62. The lowest BCUT2D eigenvalue weighted by Gasteiger charge is -2.09. The van der Waals surface area contributed by atoms with E-state index in [2.05, 4.69) is 10.1 Å². The minimum absolute atomic E-state index is 0.0575. The van der Waals surface area contributed by atoms with Gasteiger partial charge in [0.1, 0.15) is 0 Å². The van der Waals surface area contributed by atoms with Crippen LogP contribution in [0.5, 0.6) is 0 Å². The third kappa shape index (κ3) is 2.50.